The highest BCUT2D eigenvalue weighted by molar-refractivity contribution is 7.99. The number of aryl methyl sites for hydroxylation is 2. The molecule has 1 N–H and O–H groups in total. The van der Waals surface area contributed by atoms with Crippen molar-refractivity contribution in [1.29, 1.82) is 0 Å². The van der Waals surface area contributed by atoms with Crippen LogP contribution in [0.2, 0.25) is 0 Å². The van der Waals surface area contributed by atoms with Crippen LogP contribution in [0, 0.1) is 13.8 Å². The van der Waals surface area contributed by atoms with Crippen molar-refractivity contribution in [3.63, 3.8) is 0 Å². The van der Waals surface area contributed by atoms with E-state index in [4.69, 9.17) is 4.42 Å². The fourth-order valence-corrected chi connectivity index (χ4v) is 3.74. The summed E-state index contributed by atoms with van der Waals surface area (Å²) in [6.45, 7) is 7.38. The Bertz CT molecular complexity index is 916. The Morgan fingerprint density at radius 1 is 1.22 bits per heavy atom. The highest BCUT2D eigenvalue weighted by atomic mass is 32.2. The van der Waals surface area contributed by atoms with E-state index in [1.165, 1.54) is 22.9 Å². The minimum atomic E-state index is 0.000258. The molecule has 0 spiro atoms. The molecule has 0 atom stereocenters. The van der Waals surface area contributed by atoms with Gasteiger partial charge >= 0.3 is 0 Å². The van der Waals surface area contributed by atoms with Gasteiger partial charge in [0, 0.05) is 13.1 Å². The lowest BCUT2D eigenvalue weighted by atomic mass is 10.1. The molecule has 142 valence electrons. The van der Waals surface area contributed by atoms with Gasteiger partial charge in [0.05, 0.1) is 17.6 Å². The van der Waals surface area contributed by atoms with E-state index < -0.39 is 0 Å². The summed E-state index contributed by atoms with van der Waals surface area (Å²) in [5, 5.41) is 12.2. The molecule has 1 aromatic carbocycles. The SMILES string of the molecule is CCn1c(SCC(=O)NCCc2ccccc2C)nnc1-c1ccoc1C. The first kappa shape index (κ1) is 19.2. The Kier molecular flexibility index (Phi) is 6.34. The van der Waals surface area contributed by atoms with Gasteiger partial charge in [-0.1, -0.05) is 36.0 Å². The number of benzene rings is 1. The molecule has 0 aliphatic heterocycles. The van der Waals surface area contributed by atoms with E-state index >= 15 is 0 Å². The molecule has 27 heavy (non-hydrogen) atoms. The number of carbonyl (C=O) groups excluding carboxylic acids is 1. The fourth-order valence-electron chi connectivity index (χ4n) is 2.91. The molecule has 0 radical (unpaired) electrons. The zero-order valence-corrected chi connectivity index (χ0v) is 16.7. The second kappa shape index (κ2) is 8.90. The van der Waals surface area contributed by atoms with E-state index in [0.29, 0.717) is 12.3 Å². The lowest BCUT2D eigenvalue weighted by Gasteiger charge is -2.08. The number of rotatable bonds is 8. The normalized spacial score (nSPS) is 10.9. The zero-order valence-electron chi connectivity index (χ0n) is 15.9. The third-order valence-corrected chi connectivity index (χ3v) is 5.41. The number of carbonyl (C=O) groups is 1. The minimum absolute atomic E-state index is 0.000258. The average Bonchev–Trinajstić information content (AvgIpc) is 3.26. The van der Waals surface area contributed by atoms with Gasteiger partial charge < -0.3 is 14.3 Å². The highest BCUT2D eigenvalue weighted by Gasteiger charge is 2.17. The molecule has 0 saturated heterocycles. The first-order valence-electron chi connectivity index (χ1n) is 9.01. The Labute approximate surface area is 163 Å². The van der Waals surface area contributed by atoms with Crippen LogP contribution in [0.5, 0.6) is 0 Å². The summed E-state index contributed by atoms with van der Waals surface area (Å²) >= 11 is 1.40. The molecule has 0 aliphatic carbocycles. The standard InChI is InChI=1S/C20H24N4O2S/c1-4-24-19(17-10-12-26-15(17)3)22-23-20(24)27-13-18(25)21-11-9-16-8-6-5-7-14(16)2/h5-8,10,12H,4,9,11,13H2,1-3H3,(H,21,25). The van der Waals surface area contributed by atoms with Crippen molar-refractivity contribution in [2.24, 2.45) is 0 Å². The topological polar surface area (TPSA) is 73.0 Å². The monoisotopic (exact) mass is 384 g/mol. The van der Waals surface area contributed by atoms with E-state index in [0.717, 1.165) is 35.3 Å². The number of furan rings is 1. The summed E-state index contributed by atoms with van der Waals surface area (Å²) < 4.78 is 7.37. The summed E-state index contributed by atoms with van der Waals surface area (Å²) in [7, 11) is 0. The average molecular weight is 385 g/mol. The van der Waals surface area contributed by atoms with Gasteiger partial charge in [-0.25, -0.2) is 0 Å². The van der Waals surface area contributed by atoms with Crippen LogP contribution >= 0.6 is 11.8 Å². The van der Waals surface area contributed by atoms with Crippen LogP contribution in [0.4, 0.5) is 0 Å². The molecule has 0 fully saturated rings. The quantitative estimate of drug-likeness (QED) is 0.601. The second-order valence-electron chi connectivity index (χ2n) is 6.26. The summed E-state index contributed by atoms with van der Waals surface area (Å²) in [5.74, 6) is 1.89. The molecule has 0 saturated carbocycles. The maximum Gasteiger partial charge on any atom is 0.230 e. The molecule has 6 nitrogen and oxygen atoms in total. The van der Waals surface area contributed by atoms with Crippen LogP contribution in [0.15, 0.2) is 46.2 Å². The Hall–Kier alpha value is -2.54. The number of hydrogen-bond acceptors (Lipinski definition) is 5. The summed E-state index contributed by atoms with van der Waals surface area (Å²) in [6.07, 6.45) is 2.48. The van der Waals surface area contributed by atoms with Crippen molar-refractivity contribution in [2.75, 3.05) is 12.3 Å². The van der Waals surface area contributed by atoms with Crippen LogP contribution in [0.3, 0.4) is 0 Å². The van der Waals surface area contributed by atoms with Gasteiger partial charge in [-0.2, -0.15) is 0 Å². The number of amides is 1. The molecule has 2 heterocycles. The summed E-state index contributed by atoms with van der Waals surface area (Å²) in [5.41, 5.74) is 3.44. The Morgan fingerprint density at radius 2 is 2.04 bits per heavy atom. The van der Waals surface area contributed by atoms with Crippen molar-refractivity contribution in [1.82, 2.24) is 20.1 Å². The molecule has 2 aromatic heterocycles. The van der Waals surface area contributed by atoms with E-state index in [1.807, 2.05) is 36.6 Å². The largest absolute Gasteiger partial charge is 0.469 e. The molecule has 0 unspecified atom stereocenters. The van der Waals surface area contributed by atoms with Crippen LogP contribution in [-0.4, -0.2) is 33.0 Å². The van der Waals surface area contributed by atoms with Crippen molar-refractivity contribution in [3.05, 3.63) is 53.5 Å². The Morgan fingerprint density at radius 3 is 2.74 bits per heavy atom. The summed E-state index contributed by atoms with van der Waals surface area (Å²) in [4.78, 5) is 12.2. The molecule has 7 heteroatoms. The molecular formula is C20H24N4O2S. The number of thioether (sulfide) groups is 1. The molecule has 0 bridgehead atoms. The van der Waals surface area contributed by atoms with E-state index in [1.54, 1.807) is 6.26 Å². The summed E-state index contributed by atoms with van der Waals surface area (Å²) in [6, 6.07) is 10.1. The molecule has 3 aromatic rings. The molecule has 1 amide bonds. The van der Waals surface area contributed by atoms with Crippen molar-refractivity contribution in [2.45, 2.75) is 38.9 Å². The van der Waals surface area contributed by atoms with Crippen LogP contribution in [0.1, 0.15) is 23.8 Å². The van der Waals surface area contributed by atoms with Crippen LogP contribution in [-0.2, 0) is 17.8 Å². The zero-order chi connectivity index (χ0) is 19.2. The molecule has 3 rings (SSSR count). The third-order valence-electron chi connectivity index (χ3n) is 4.44. The van der Waals surface area contributed by atoms with Gasteiger partial charge in [0.1, 0.15) is 5.76 Å². The minimum Gasteiger partial charge on any atom is -0.469 e. The van der Waals surface area contributed by atoms with E-state index in [9.17, 15) is 4.79 Å². The van der Waals surface area contributed by atoms with E-state index in [2.05, 4.69) is 34.6 Å². The number of aromatic nitrogens is 3. The second-order valence-corrected chi connectivity index (χ2v) is 7.20. The lowest BCUT2D eigenvalue weighted by molar-refractivity contribution is -0.118. The van der Waals surface area contributed by atoms with Crippen molar-refractivity contribution >= 4 is 17.7 Å². The first-order chi connectivity index (χ1) is 13.1. The number of hydrogen-bond donors (Lipinski definition) is 1. The lowest BCUT2D eigenvalue weighted by Crippen LogP contribution is -2.27. The van der Waals surface area contributed by atoms with E-state index in [-0.39, 0.29) is 5.91 Å². The van der Waals surface area contributed by atoms with Gasteiger partial charge in [0.15, 0.2) is 11.0 Å². The van der Waals surface area contributed by atoms with Crippen LogP contribution in [0.25, 0.3) is 11.4 Å². The van der Waals surface area contributed by atoms with Gasteiger partial charge in [0.2, 0.25) is 5.91 Å². The van der Waals surface area contributed by atoms with Crippen molar-refractivity contribution < 1.29 is 9.21 Å². The first-order valence-corrected chi connectivity index (χ1v) is 10.0. The van der Waals surface area contributed by atoms with Gasteiger partial charge in [-0.15, -0.1) is 10.2 Å². The predicted molar refractivity (Wildman–Crippen MR) is 107 cm³/mol. The maximum absolute atomic E-state index is 12.2. The number of nitrogens with one attached hydrogen (secondary N) is 1. The highest BCUT2D eigenvalue weighted by Crippen LogP contribution is 2.26. The Balaban J connectivity index is 1.54. The van der Waals surface area contributed by atoms with Gasteiger partial charge in [-0.3, -0.25) is 4.79 Å². The number of nitrogens with zero attached hydrogens (tertiary/aromatic N) is 3. The maximum atomic E-state index is 12.2. The van der Waals surface area contributed by atoms with Crippen LogP contribution < -0.4 is 5.32 Å². The smallest absolute Gasteiger partial charge is 0.230 e. The fraction of sp³-hybridized carbons (Fsp3) is 0.350. The molecular weight excluding hydrogens is 360 g/mol. The third kappa shape index (κ3) is 4.60. The predicted octanol–water partition coefficient (Wildman–Crippen LogP) is 3.63. The van der Waals surface area contributed by atoms with Gasteiger partial charge in [-0.05, 0) is 44.4 Å². The van der Waals surface area contributed by atoms with Gasteiger partial charge in [0.25, 0.3) is 0 Å². The van der Waals surface area contributed by atoms with Crippen molar-refractivity contribution in [3.8, 4) is 11.4 Å². The molecule has 0 aliphatic rings.